The summed E-state index contributed by atoms with van der Waals surface area (Å²) in [6.45, 7) is 0.126. The third kappa shape index (κ3) is 6.16. The van der Waals surface area contributed by atoms with Gasteiger partial charge in [-0.1, -0.05) is 12.1 Å². The van der Waals surface area contributed by atoms with Crippen LogP contribution >= 0.6 is 0 Å². The fraction of sp³-hybridized carbons (Fsp3) is 0.462. The summed E-state index contributed by atoms with van der Waals surface area (Å²) in [7, 11) is -1.75. The number of hydrogen-bond acceptors (Lipinski definition) is 3. The highest BCUT2D eigenvalue weighted by Crippen LogP contribution is 2.29. The second-order valence-electron chi connectivity index (χ2n) is 4.82. The van der Waals surface area contributed by atoms with Crippen LogP contribution in [0.1, 0.15) is 17.5 Å². The number of carbonyl (C=O) groups is 1. The number of rotatable bonds is 5. The maximum atomic E-state index is 12.4. The number of sulfone groups is 1. The second-order valence-corrected chi connectivity index (χ2v) is 7.08. The van der Waals surface area contributed by atoms with Crippen molar-refractivity contribution in [3.63, 3.8) is 0 Å². The number of hydrogen-bond donors (Lipinski definition) is 0. The van der Waals surface area contributed by atoms with E-state index >= 15 is 0 Å². The van der Waals surface area contributed by atoms with Crippen molar-refractivity contribution in [1.82, 2.24) is 4.90 Å². The summed E-state index contributed by atoms with van der Waals surface area (Å²) in [4.78, 5) is 13.0. The van der Waals surface area contributed by atoms with Crippen LogP contribution in [-0.2, 0) is 27.4 Å². The molecule has 0 atom stereocenters. The Hall–Kier alpha value is -1.57. The molecule has 8 heteroatoms. The lowest BCUT2D eigenvalue weighted by molar-refractivity contribution is -0.137. The number of carbonyl (C=O) groups excluding carboxylic acids is 1. The molecule has 0 saturated heterocycles. The molecule has 0 spiro atoms. The quantitative estimate of drug-likeness (QED) is 0.834. The number of amides is 1. The van der Waals surface area contributed by atoms with Gasteiger partial charge in [-0.2, -0.15) is 13.2 Å². The van der Waals surface area contributed by atoms with E-state index in [-0.39, 0.29) is 24.6 Å². The Morgan fingerprint density at radius 1 is 1.19 bits per heavy atom. The van der Waals surface area contributed by atoms with Gasteiger partial charge in [-0.25, -0.2) is 8.42 Å². The van der Waals surface area contributed by atoms with E-state index in [0.717, 1.165) is 18.4 Å². The molecule has 0 aliphatic heterocycles. The minimum atomic E-state index is -4.39. The Labute approximate surface area is 121 Å². The predicted octanol–water partition coefficient (Wildman–Crippen LogP) is 2.10. The Morgan fingerprint density at radius 3 is 2.14 bits per heavy atom. The molecule has 4 nitrogen and oxygen atoms in total. The maximum absolute atomic E-state index is 12.4. The summed E-state index contributed by atoms with van der Waals surface area (Å²) >= 11 is 0. The van der Waals surface area contributed by atoms with E-state index in [2.05, 4.69) is 0 Å². The van der Waals surface area contributed by atoms with Crippen molar-refractivity contribution in [2.24, 2.45) is 0 Å². The van der Waals surface area contributed by atoms with Crippen molar-refractivity contribution in [1.29, 1.82) is 0 Å². The molecule has 0 aliphatic carbocycles. The first kappa shape index (κ1) is 17.5. The first-order chi connectivity index (χ1) is 9.49. The lowest BCUT2D eigenvalue weighted by Gasteiger charge is -2.17. The first-order valence-electron chi connectivity index (χ1n) is 6.07. The van der Waals surface area contributed by atoms with E-state index in [1.807, 2.05) is 0 Å². The zero-order chi connectivity index (χ0) is 16.3. The van der Waals surface area contributed by atoms with Crippen LogP contribution in [0.15, 0.2) is 24.3 Å². The first-order valence-corrected chi connectivity index (χ1v) is 8.13. The van der Waals surface area contributed by atoms with E-state index in [0.29, 0.717) is 5.56 Å². The van der Waals surface area contributed by atoms with E-state index in [1.54, 1.807) is 0 Å². The molecule has 1 aromatic rings. The third-order valence-electron chi connectivity index (χ3n) is 2.81. The van der Waals surface area contributed by atoms with Gasteiger partial charge in [0, 0.05) is 26.3 Å². The van der Waals surface area contributed by atoms with Gasteiger partial charge >= 0.3 is 6.18 Å². The Morgan fingerprint density at radius 2 is 1.71 bits per heavy atom. The molecule has 0 heterocycles. The average molecular weight is 323 g/mol. The van der Waals surface area contributed by atoms with Crippen molar-refractivity contribution >= 4 is 15.7 Å². The van der Waals surface area contributed by atoms with Gasteiger partial charge in [0.1, 0.15) is 9.84 Å². The highest BCUT2D eigenvalue weighted by Gasteiger charge is 2.29. The van der Waals surface area contributed by atoms with Crippen LogP contribution in [0.3, 0.4) is 0 Å². The molecule has 118 valence electrons. The van der Waals surface area contributed by atoms with Crippen LogP contribution in [0.4, 0.5) is 13.2 Å². The maximum Gasteiger partial charge on any atom is 0.416 e. The molecular weight excluding hydrogens is 307 g/mol. The fourth-order valence-electron chi connectivity index (χ4n) is 1.62. The van der Waals surface area contributed by atoms with Gasteiger partial charge in [0.2, 0.25) is 5.91 Å². The van der Waals surface area contributed by atoms with Crippen LogP contribution in [0.2, 0.25) is 0 Å². The van der Waals surface area contributed by atoms with Gasteiger partial charge in [-0.3, -0.25) is 4.79 Å². The SMILES string of the molecule is CN(Cc1ccc(C(F)(F)F)cc1)C(=O)CCS(C)(=O)=O. The monoisotopic (exact) mass is 323 g/mol. The third-order valence-corrected chi connectivity index (χ3v) is 3.76. The van der Waals surface area contributed by atoms with E-state index in [4.69, 9.17) is 0 Å². The van der Waals surface area contributed by atoms with Crippen molar-refractivity contribution in [3.8, 4) is 0 Å². The summed E-state index contributed by atoms with van der Waals surface area (Å²) in [5, 5.41) is 0. The van der Waals surface area contributed by atoms with Gasteiger partial charge in [0.25, 0.3) is 0 Å². The summed E-state index contributed by atoms with van der Waals surface area (Å²) < 4.78 is 59.1. The van der Waals surface area contributed by atoms with Gasteiger partial charge in [0.05, 0.1) is 11.3 Å². The Kier molecular flexibility index (Phi) is 5.38. The molecule has 0 saturated carbocycles. The Bertz CT molecular complexity index is 594. The van der Waals surface area contributed by atoms with Crippen LogP contribution in [0, 0.1) is 0 Å². The lowest BCUT2D eigenvalue weighted by atomic mass is 10.1. The number of halogens is 3. The fourth-order valence-corrected chi connectivity index (χ4v) is 2.17. The van der Waals surface area contributed by atoms with Gasteiger partial charge in [-0.05, 0) is 17.7 Å². The molecule has 1 amide bonds. The summed E-state index contributed by atoms with van der Waals surface area (Å²) in [6.07, 6.45) is -3.50. The molecule has 21 heavy (non-hydrogen) atoms. The zero-order valence-electron chi connectivity index (χ0n) is 11.6. The summed E-state index contributed by atoms with van der Waals surface area (Å²) in [6, 6.07) is 4.49. The molecular formula is C13H16F3NO3S. The topological polar surface area (TPSA) is 54.5 Å². The molecule has 0 N–H and O–H groups in total. The zero-order valence-corrected chi connectivity index (χ0v) is 12.5. The highest BCUT2D eigenvalue weighted by atomic mass is 32.2. The molecule has 0 aromatic heterocycles. The minimum Gasteiger partial charge on any atom is -0.341 e. The summed E-state index contributed by atoms with van der Waals surface area (Å²) in [5.41, 5.74) is -0.212. The van der Waals surface area contributed by atoms with Crippen molar-refractivity contribution in [3.05, 3.63) is 35.4 Å². The van der Waals surface area contributed by atoms with Crippen molar-refractivity contribution < 1.29 is 26.4 Å². The minimum absolute atomic E-state index is 0.126. The van der Waals surface area contributed by atoms with Crippen LogP contribution in [0.5, 0.6) is 0 Å². The average Bonchev–Trinajstić information content (AvgIpc) is 2.34. The smallest absolute Gasteiger partial charge is 0.341 e. The molecule has 1 rings (SSSR count). The van der Waals surface area contributed by atoms with E-state index in [9.17, 15) is 26.4 Å². The summed E-state index contributed by atoms with van der Waals surface area (Å²) in [5.74, 6) is -0.622. The highest BCUT2D eigenvalue weighted by molar-refractivity contribution is 7.90. The second kappa shape index (κ2) is 6.46. The van der Waals surface area contributed by atoms with E-state index < -0.39 is 21.6 Å². The molecule has 1 aromatic carbocycles. The molecule has 0 aliphatic rings. The lowest BCUT2D eigenvalue weighted by Crippen LogP contribution is -2.27. The standard InChI is InChI=1S/C13H16F3NO3S/c1-17(12(18)7-8-21(2,19)20)9-10-3-5-11(6-4-10)13(14,15)16/h3-6H,7-9H2,1-2H3. The van der Waals surface area contributed by atoms with Gasteiger partial charge < -0.3 is 4.90 Å². The van der Waals surface area contributed by atoms with Crippen LogP contribution < -0.4 is 0 Å². The molecule has 0 fully saturated rings. The Balaban J connectivity index is 2.62. The molecule has 0 bridgehead atoms. The predicted molar refractivity (Wildman–Crippen MR) is 72.2 cm³/mol. The van der Waals surface area contributed by atoms with Crippen LogP contribution in [-0.4, -0.2) is 38.3 Å². The number of benzene rings is 1. The van der Waals surface area contributed by atoms with Gasteiger partial charge in [-0.15, -0.1) is 0 Å². The largest absolute Gasteiger partial charge is 0.416 e. The van der Waals surface area contributed by atoms with Crippen LogP contribution in [0.25, 0.3) is 0 Å². The van der Waals surface area contributed by atoms with Crippen molar-refractivity contribution in [2.45, 2.75) is 19.1 Å². The molecule has 0 unspecified atom stereocenters. The number of nitrogens with zero attached hydrogens (tertiary/aromatic N) is 1. The molecule has 0 radical (unpaired) electrons. The van der Waals surface area contributed by atoms with E-state index in [1.165, 1.54) is 24.1 Å². The van der Waals surface area contributed by atoms with Crippen molar-refractivity contribution in [2.75, 3.05) is 19.1 Å². The normalized spacial score (nSPS) is 12.2. The van der Waals surface area contributed by atoms with Gasteiger partial charge in [0.15, 0.2) is 0 Å². The number of alkyl halides is 3.